The van der Waals surface area contributed by atoms with E-state index in [2.05, 4.69) is 33.5 Å². The van der Waals surface area contributed by atoms with Crippen LogP contribution in [0.2, 0.25) is 0 Å². The molecule has 0 bridgehead atoms. The van der Waals surface area contributed by atoms with E-state index < -0.39 is 0 Å². The number of likely N-dealkylation sites (tertiary alicyclic amines) is 1. The van der Waals surface area contributed by atoms with Crippen molar-refractivity contribution in [1.82, 2.24) is 20.5 Å². The average molecular weight is 302 g/mol. The molecule has 1 aromatic rings. The van der Waals surface area contributed by atoms with Gasteiger partial charge in [-0.1, -0.05) is 13.0 Å². The van der Waals surface area contributed by atoms with Gasteiger partial charge in [0.05, 0.1) is 11.7 Å². The van der Waals surface area contributed by atoms with E-state index >= 15 is 0 Å². The largest absolute Gasteiger partial charge is 0.352 e. The number of nitrogens with zero attached hydrogens (tertiary/aromatic N) is 2. The third-order valence-electron chi connectivity index (χ3n) is 4.81. The van der Waals surface area contributed by atoms with Crippen molar-refractivity contribution >= 4 is 5.91 Å². The summed E-state index contributed by atoms with van der Waals surface area (Å²) in [6.45, 7) is 6.13. The summed E-state index contributed by atoms with van der Waals surface area (Å²) in [6.07, 6.45) is 4.95. The van der Waals surface area contributed by atoms with E-state index in [9.17, 15) is 4.79 Å². The molecule has 2 saturated heterocycles. The number of piperidine rings is 1. The Morgan fingerprint density at radius 1 is 1.45 bits per heavy atom. The number of amides is 1. The Hall–Kier alpha value is -1.46. The zero-order valence-corrected chi connectivity index (χ0v) is 13.3. The van der Waals surface area contributed by atoms with Crippen molar-refractivity contribution in [3.63, 3.8) is 0 Å². The van der Waals surface area contributed by atoms with Gasteiger partial charge in [0.15, 0.2) is 0 Å². The lowest BCUT2D eigenvalue weighted by Crippen LogP contribution is -2.53. The van der Waals surface area contributed by atoms with Gasteiger partial charge in [-0.05, 0) is 43.9 Å². The fourth-order valence-electron chi connectivity index (χ4n) is 3.50. The third kappa shape index (κ3) is 3.84. The molecule has 2 fully saturated rings. The van der Waals surface area contributed by atoms with Gasteiger partial charge >= 0.3 is 0 Å². The van der Waals surface area contributed by atoms with Crippen LogP contribution in [-0.4, -0.2) is 47.5 Å². The number of aromatic nitrogens is 1. The molecule has 3 rings (SSSR count). The van der Waals surface area contributed by atoms with E-state index in [0.29, 0.717) is 12.0 Å². The van der Waals surface area contributed by atoms with Crippen LogP contribution in [0.1, 0.15) is 31.9 Å². The molecule has 0 aliphatic carbocycles. The summed E-state index contributed by atoms with van der Waals surface area (Å²) in [7, 11) is 0. The Bertz CT molecular complexity index is 487. The van der Waals surface area contributed by atoms with Crippen molar-refractivity contribution in [1.29, 1.82) is 0 Å². The summed E-state index contributed by atoms with van der Waals surface area (Å²) in [4.78, 5) is 19.1. The van der Waals surface area contributed by atoms with Gasteiger partial charge < -0.3 is 10.6 Å². The fraction of sp³-hybridized carbons (Fsp3) is 0.647. The molecular formula is C17H26N4O. The van der Waals surface area contributed by atoms with Crippen molar-refractivity contribution < 1.29 is 4.79 Å². The van der Waals surface area contributed by atoms with E-state index in [0.717, 1.165) is 51.1 Å². The normalized spacial score (nSPS) is 29.4. The van der Waals surface area contributed by atoms with E-state index in [1.54, 1.807) is 0 Å². The lowest BCUT2D eigenvalue weighted by molar-refractivity contribution is -0.124. The first-order valence-electron chi connectivity index (χ1n) is 8.38. The first-order chi connectivity index (χ1) is 10.7. The van der Waals surface area contributed by atoms with Crippen LogP contribution >= 0.6 is 0 Å². The third-order valence-corrected chi connectivity index (χ3v) is 4.81. The minimum Gasteiger partial charge on any atom is -0.352 e. The average Bonchev–Trinajstić information content (AvgIpc) is 3.05. The zero-order chi connectivity index (χ0) is 15.4. The van der Waals surface area contributed by atoms with Gasteiger partial charge in [0.25, 0.3) is 0 Å². The molecule has 0 unspecified atom stereocenters. The SMILES string of the molecule is C[C@H]1CN(Cc2ccccn2)CC[C@@H]1NC(=O)[C@@H]1CCCN1. The highest BCUT2D eigenvalue weighted by Gasteiger charge is 2.30. The van der Waals surface area contributed by atoms with E-state index in [-0.39, 0.29) is 11.9 Å². The molecule has 2 aliphatic rings. The van der Waals surface area contributed by atoms with Crippen molar-refractivity contribution in [2.75, 3.05) is 19.6 Å². The smallest absolute Gasteiger partial charge is 0.237 e. The molecular weight excluding hydrogens is 276 g/mol. The first-order valence-corrected chi connectivity index (χ1v) is 8.38. The van der Waals surface area contributed by atoms with Crippen LogP contribution in [0.15, 0.2) is 24.4 Å². The number of hydrogen-bond donors (Lipinski definition) is 2. The van der Waals surface area contributed by atoms with Gasteiger partial charge in [0, 0.05) is 31.9 Å². The Labute approximate surface area is 132 Å². The maximum absolute atomic E-state index is 12.2. The van der Waals surface area contributed by atoms with E-state index in [1.807, 2.05) is 18.3 Å². The second kappa shape index (κ2) is 7.20. The molecule has 22 heavy (non-hydrogen) atoms. The Kier molecular flexibility index (Phi) is 5.05. The number of carbonyl (C=O) groups is 1. The molecule has 3 heterocycles. The standard InChI is InChI=1S/C17H26N4O/c1-13-11-21(12-14-5-2-3-8-18-14)10-7-15(13)20-17(22)16-6-4-9-19-16/h2-3,5,8,13,15-16,19H,4,6-7,9-12H2,1H3,(H,20,22)/t13-,15-,16-/m0/s1. The van der Waals surface area contributed by atoms with Gasteiger partial charge in [0.1, 0.15) is 0 Å². The quantitative estimate of drug-likeness (QED) is 0.876. The number of carbonyl (C=O) groups excluding carboxylic acids is 1. The van der Waals surface area contributed by atoms with Crippen molar-refractivity contribution in [2.24, 2.45) is 5.92 Å². The number of pyridine rings is 1. The highest BCUT2D eigenvalue weighted by atomic mass is 16.2. The van der Waals surface area contributed by atoms with Crippen LogP contribution < -0.4 is 10.6 Å². The minimum absolute atomic E-state index is 0.0266. The van der Waals surface area contributed by atoms with Crippen molar-refractivity contribution in [2.45, 2.75) is 44.8 Å². The minimum atomic E-state index is 0.0266. The highest BCUT2D eigenvalue weighted by molar-refractivity contribution is 5.82. The van der Waals surface area contributed by atoms with Crippen LogP contribution in [0, 0.1) is 5.92 Å². The summed E-state index contributed by atoms with van der Waals surface area (Å²) in [5, 5.41) is 6.52. The molecule has 1 amide bonds. The molecule has 0 radical (unpaired) electrons. The summed E-state index contributed by atoms with van der Waals surface area (Å²) >= 11 is 0. The summed E-state index contributed by atoms with van der Waals surface area (Å²) in [5.41, 5.74) is 1.12. The highest BCUT2D eigenvalue weighted by Crippen LogP contribution is 2.19. The summed E-state index contributed by atoms with van der Waals surface area (Å²) < 4.78 is 0. The van der Waals surface area contributed by atoms with Crippen molar-refractivity contribution in [3.05, 3.63) is 30.1 Å². The van der Waals surface area contributed by atoms with Crippen LogP contribution in [0.5, 0.6) is 0 Å². The van der Waals surface area contributed by atoms with Crippen LogP contribution in [-0.2, 0) is 11.3 Å². The molecule has 2 N–H and O–H groups in total. The molecule has 3 atom stereocenters. The molecule has 5 heteroatoms. The number of nitrogens with one attached hydrogen (secondary N) is 2. The second-order valence-electron chi connectivity index (χ2n) is 6.59. The van der Waals surface area contributed by atoms with Gasteiger partial charge in [-0.25, -0.2) is 0 Å². The summed E-state index contributed by atoms with van der Waals surface area (Å²) in [5.74, 6) is 0.662. The van der Waals surface area contributed by atoms with E-state index in [1.165, 1.54) is 0 Å². The molecule has 0 saturated carbocycles. The Morgan fingerprint density at radius 2 is 2.36 bits per heavy atom. The van der Waals surface area contributed by atoms with Gasteiger partial charge in [-0.3, -0.25) is 14.7 Å². The maximum Gasteiger partial charge on any atom is 0.237 e. The van der Waals surface area contributed by atoms with Gasteiger partial charge in [-0.2, -0.15) is 0 Å². The van der Waals surface area contributed by atoms with E-state index in [4.69, 9.17) is 0 Å². The molecule has 0 spiro atoms. The summed E-state index contributed by atoms with van der Waals surface area (Å²) in [6, 6.07) is 6.39. The van der Waals surface area contributed by atoms with Crippen LogP contribution in [0.3, 0.4) is 0 Å². The van der Waals surface area contributed by atoms with Crippen LogP contribution in [0.4, 0.5) is 0 Å². The fourth-order valence-corrected chi connectivity index (χ4v) is 3.50. The molecule has 2 aliphatic heterocycles. The predicted molar refractivity (Wildman–Crippen MR) is 86.3 cm³/mol. The van der Waals surface area contributed by atoms with Crippen molar-refractivity contribution in [3.8, 4) is 0 Å². The second-order valence-corrected chi connectivity index (χ2v) is 6.59. The Balaban J connectivity index is 1.48. The lowest BCUT2D eigenvalue weighted by Gasteiger charge is -2.37. The number of rotatable bonds is 4. The zero-order valence-electron chi connectivity index (χ0n) is 13.3. The monoisotopic (exact) mass is 302 g/mol. The molecule has 5 nitrogen and oxygen atoms in total. The maximum atomic E-state index is 12.2. The molecule has 0 aromatic carbocycles. The lowest BCUT2D eigenvalue weighted by atomic mass is 9.93. The Morgan fingerprint density at radius 3 is 3.05 bits per heavy atom. The van der Waals surface area contributed by atoms with Gasteiger partial charge in [0.2, 0.25) is 5.91 Å². The topological polar surface area (TPSA) is 57.3 Å². The number of hydrogen-bond acceptors (Lipinski definition) is 4. The first kappa shape index (κ1) is 15.4. The van der Waals surface area contributed by atoms with Crippen LogP contribution in [0.25, 0.3) is 0 Å². The van der Waals surface area contributed by atoms with Gasteiger partial charge in [-0.15, -0.1) is 0 Å². The molecule has 1 aromatic heterocycles. The predicted octanol–water partition coefficient (Wildman–Crippen LogP) is 1.16. The molecule has 120 valence electrons.